The van der Waals surface area contributed by atoms with Gasteiger partial charge in [0.15, 0.2) is 19.4 Å². The van der Waals surface area contributed by atoms with Gasteiger partial charge in [-0.15, -0.1) is 77.6 Å². The van der Waals surface area contributed by atoms with Crippen LogP contribution in [0.4, 0.5) is 43.9 Å². The van der Waals surface area contributed by atoms with E-state index in [0.717, 1.165) is 60.7 Å². The number of carbonyl (C=O) groups is 2. The van der Waals surface area contributed by atoms with Gasteiger partial charge in [-0.2, -0.15) is 15.8 Å². The third-order valence-corrected chi connectivity index (χ3v) is 11.3. The molecule has 462 valence electrons. The number of hydrogen-bond acceptors (Lipinski definition) is 7. The van der Waals surface area contributed by atoms with Crippen molar-refractivity contribution in [3.8, 4) is 39.6 Å². The number of benzene rings is 5. The average Bonchev–Trinajstić information content (AvgIpc) is 3.63. The minimum Gasteiger partial charge on any atom is -0.414 e. The standard InChI is InChI=1S/2C12H8F2NO.C11H20O2.C10H8F2N2.2C9H5F2N2.2Ir/c2*13-9-1-2-10(11(14)6-9)12-5-8(7-16)3-4-15-12;1-10(2,3)8(12)7-9(13)11(4,5)6;1-13-5-2-6-14(13)10-4-3-8(11)7-9(10)12;2*10-7-2-3-9(8(11)6-7)13-5-1-4-12-13;;/h2*1,3-6,16H,7H2;7H2,1-6H3;2-3,5-7H,1H3;2*1-2,4-6H;;/q2*-1;;;2*-1;;. The van der Waals surface area contributed by atoms with Gasteiger partial charge in [-0.1, -0.05) is 83.0 Å². The molecule has 87 heavy (non-hydrogen) atoms. The van der Waals surface area contributed by atoms with Crippen LogP contribution in [0.25, 0.3) is 39.6 Å². The Morgan fingerprint density at radius 1 is 0.540 bits per heavy atom. The molecule has 2 N–H and O–H groups in total. The van der Waals surface area contributed by atoms with E-state index >= 15 is 0 Å². The molecule has 10 rings (SSSR count). The number of aliphatic hydroxyl groups is 2. The van der Waals surface area contributed by atoms with Gasteiger partial charge in [-0.3, -0.25) is 62.9 Å². The van der Waals surface area contributed by atoms with Gasteiger partial charge in [0.05, 0.1) is 31.6 Å². The Kier molecular flexibility index (Phi) is 28.8. The maximum absolute atomic E-state index is 13.4. The molecular weight excluding hydrogens is 1510 g/mol. The molecule has 24 heteroatoms. The largest absolute Gasteiger partial charge is 0.414 e. The van der Waals surface area contributed by atoms with Gasteiger partial charge in [0.1, 0.15) is 17.3 Å². The molecule has 5 aromatic heterocycles. The second-order valence-corrected chi connectivity index (χ2v) is 19.9. The molecule has 0 fully saturated rings. The molecule has 0 bridgehead atoms. The molecule has 0 unspecified atom stereocenters. The summed E-state index contributed by atoms with van der Waals surface area (Å²) in [6, 6.07) is 33.1. The van der Waals surface area contributed by atoms with Crippen LogP contribution in [-0.2, 0) is 70.1 Å². The number of halogens is 10. The predicted molar refractivity (Wildman–Crippen MR) is 290 cm³/mol. The van der Waals surface area contributed by atoms with Gasteiger partial charge in [0.2, 0.25) is 0 Å². The van der Waals surface area contributed by atoms with Crippen molar-refractivity contribution in [2.75, 3.05) is 0 Å². The van der Waals surface area contributed by atoms with Crippen LogP contribution in [0.3, 0.4) is 0 Å². The summed E-state index contributed by atoms with van der Waals surface area (Å²) < 4.78 is 135. The van der Waals surface area contributed by atoms with Crippen LogP contribution >= 0.6 is 0 Å². The fraction of sp³-hybridized carbons (Fsp3) is 0.190. The Labute approximate surface area is 522 Å². The van der Waals surface area contributed by atoms with Gasteiger partial charge in [0, 0.05) is 140 Å². The Hall–Kier alpha value is -8.11. The Morgan fingerprint density at radius 2 is 0.977 bits per heavy atom. The SMILES string of the molecule is CC(C)(C)C(=O)CC(=O)C(C)(C)C.C[n+]1cccn1-c1[c-]cc(F)cc1F.Fc1c[c-]c(-[n+]2ccc[n-]2)c(F)c1.Fc1c[c-]c(-n2cccn2)c(F)c1.OCc1ccnc(-c2[c-]cc(F)cc2F)c1.OCc1ccnc(-c2[c-]cc(F)cc2F)c1.[Ir].[Ir]. The van der Waals surface area contributed by atoms with E-state index in [1.165, 1.54) is 51.0 Å². The minimum atomic E-state index is -0.720. The summed E-state index contributed by atoms with van der Waals surface area (Å²) in [5.41, 5.74) is 1.70. The molecule has 5 aromatic carbocycles. The van der Waals surface area contributed by atoms with E-state index in [4.69, 9.17) is 10.2 Å². The predicted octanol–water partition coefficient (Wildman–Crippen LogP) is 11.6. The molecule has 0 aliphatic heterocycles. The first-order valence-electron chi connectivity index (χ1n) is 25.2. The zero-order chi connectivity index (χ0) is 62.6. The summed E-state index contributed by atoms with van der Waals surface area (Å²) in [6.45, 7) is 10.7. The van der Waals surface area contributed by atoms with Gasteiger partial charge in [0.25, 0.3) is 0 Å². The van der Waals surface area contributed by atoms with E-state index in [2.05, 4.69) is 50.5 Å². The fourth-order valence-corrected chi connectivity index (χ4v) is 6.67. The van der Waals surface area contributed by atoms with Crippen molar-refractivity contribution < 1.29 is 113 Å². The topological polar surface area (TPSA) is 145 Å². The summed E-state index contributed by atoms with van der Waals surface area (Å²) in [5.74, 6) is -6.66. The molecule has 0 amide bonds. The van der Waals surface area contributed by atoms with Crippen molar-refractivity contribution in [3.05, 3.63) is 252 Å². The van der Waals surface area contributed by atoms with Crippen molar-refractivity contribution in [1.82, 2.24) is 29.5 Å². The summed E-state index contributed by atoms with van der Waals surface area (Å²) in [5, 5.41) is 25.5. The summed E-state index contributed by atoms with van der Waals surface area (Å²) in [4.78, 5) is 30.9. The first kappa shape index (κ1) is 73.1. The normalized spacial score (nSPS) is 10.5. The molecule has 12 nitrogen and oxygen atoms in total. The number of nitrogens with zero attached hydrogens (tertiary/aromatic N) is 8. The van der Waals surface area contributed by atoms with Crippen LogP contribution in [0.1, 0.15) is 59.1 Å². The second kappa shape index (κ2) is 34.3. The van der Waals surface area contributed by atoms with E-state index in [1.54, 1.807) is 66.8 Å². The zero-order valence-electron chi connectivity index (χ0n) is 47.3. The van der Waals surface area contributed by atoms with Crippen LogP contribution < -0.4 is 14.5 Å². The monoisotopic (exact) mass is 1560 g/mol. The Bertz CT molecular complexity index is 3600. The Balaban J connectivity index is 0.000000273. The minimum absolute atomic E-state index is 0. The molecule has 0 saturated carbocycles. The van der Waals surface area contributed by atoms with E-state index in [1.807, 2.05) is 41.5 Å². The molecule has 10 aromatic rings. The van der Waals surface area contributed by atoms with E-state index < -0.39 is 69.0 Å². The Morgan fingerprint density at radius 3 is 1.34 bits per heavy atom. The number of hydrogen-bond donors (Lipinski definition) is 2. The zero-order valence-corrected chi connectivity index (χ0v) is 52.1. The van der Waals surface area contributed by atoms with E-state index in [0.29, 0.717) is 22.5 Å². The maximum Gasteiger partial charge on any atom is 0.195 e. The molecule has 0 spiro atoms. The van der Waals surface area contributed by atoms with Crippen molar-refractivity contribution in [1.29, 1.82) is 0 Å². The van der Waals surface area contributed by atoms with Crippen LogP contribution in [0.15, 0.2) is 153 Å². The van der Waals surface area contributed by atoms with Crippen molar-refractivity contribution in [3.63, 3.8) is 0 Å². The third kappa shape index (κ3) is 22.6. The first-order chi connectivity index (χ1) is 40.2. The molecule has 0 aliphatic rings. The van der Waals surface area contributed by atoms with Crippen molar-refractivity contribution in [2.24, 2.45) is 17.9 Å². The molecule has 0 aliphatic carbocycles. The van der Waals surface area contributed by atoms with Crippen LogP contribution in [0, 0.1) is 99.3 Å². The number of ketones is 2. The van der Waals surface area contributed by atoms with E-state index in [-0.39, 0.29) is 99.6 Å². The smallest absolute Gasteiger partial charge is 0.195 e. The fourth-order valence-electron chi connectivity index (χ4n) is 6.67. The summed E-state index contributed by atoms with van der Waals surface area (Å²) in [6.07, 6.45) is 12.6. The quantitative estimate of drug-likeness (QED) is 0.0629. The summed E-state index contributed by atoms with van der Waals surface area (Å²) >= 11 is 0. The van der Waals surface area contributed by atoms with Gasteiger partial charge < -0.3 is 25.3 Å². The molecule has 0 saturated heterocycles. The number of Topliss-reactive ketones (excluding diaryl/α,β-unsaturated/α-hetero) is 2. The number of aliphatic hydroxyl groups excluding tert-OH is 2. The van der Waals surface area contributed by atoms with Crippen LogP contribution in [0.2, 0.25) is 0 Å². The van der Waals surface area contributed by atoms with Crippen LogP contribution in [-0.4, -0.2) is 46.2 Å². The molecule has 5 heterocycles. The van der Waals surface area contributed by atoms with Gasteiger partial charge in [-0.05, 0) is 52.5 Å². The maximum atomic E-state index is 13.4. The number of aromatic nitrogens is 8. The average molecular weight is 1560 g/mol. The third-order valence-electron chi connectivity index (χ3n) is 11.3. The van der Waals surface area contributed by atoms with Crippen molar-refractivity contribution >= 4 is 11.6 Å². The summed E-state index contributed by atoms with van der Waals surface area (Å²) in [7, 11) is 1.76. The van der Waals surface area contributed by atoms with Gasteiger partial charge in [-0.25, -0.2) is 0 Å². The number of aryl methyl sites for hydroxylation is 1. The van der Waals surface area contributed by atoms with Gasteiger partial charge >= 0.3 is 0 Å². The van der Waals surface area contributed by atoms with Crippen LogP contribution in [0.5, 0.6) is 0 Å². The second-order valence-electron chi connectivity index (χ2n) is 19.9. The van der Waals surface area contributed by atoms with Crippen molar-refractivity contribution in [2.45, 2.75) is 61.2 Å². The molecule has 0 atom stereocenters. The molecule has 2 radical (unpaired) electrons. The first-order valence-corrected chi connectivity index (χ1v) is 25.2. The number of rotatable bonds is 9. The number of carbonyl (C=O) groups excluding carboxylic acids is 2. The van der Waals surface area contributed by atoms with E-state index in [9.17, 15) is 53.5 Å². The molecular formula is C63H54F10Ir2N8O4-4. The number of pyridine rings is 2.